The van der Waals surface area contributed by atoms with Gasteiger partial charge in [0.15, 0.2) is 0 Å². The third kappa shape index (κ3) is 27.4. The van der Waals surface area contributed by atoms with Crippen LogP contribution in [0.5, 0.6) is 0 Å². The highest BCUT2D eigenvalue weighted by atomic mass is 16.3. The molecule has 4 atom stereocenters. The molecule has 44 heavy (non-hydrogen) atoms. The average molecular weight is 626 g/mol. The zero-order valence-corrected chi connectivity index (χ0v) is 29.2. The van der Waals surface area contributed by atoms with E-state index in [1.165, 1.54) is 122 Å². The van der Waals surface area contributed by atoms with Crippen LogP contribution in [0.4, 0.5) is 0 Å². The molecule has 0 aliphatic heterocycles. The summed E-state index contributed by atoms with van der Waals surface area (Å²) >= 11 is 0. The third-order valence-corrected chi connectivity index (χ3v) is 8.98. The van der Waals surface area contributed by atoms with Crippen molar-refractivity contribution in [2.45, 2.75) is 218 Å². The molecule has 0 fully saturated rings. The second-order valence-corrected chi connectivity index (χ2v) is 13.3. The molecule has 0 radical (unpaired) electrons. The Morgan fingerprint density at radius 2 is 0.909 bits per heavy atom. The van der Waals surface area contributed by atoms with E-state index >= 15 is 0 Å². The minimum absolute atomic E-state index is 0.364. The van der Waals surface area contributed by atoms with E-state index in [4.69, 9.17) is 0 Å². The Balaban J connectivity index is 3.76. The van der Waals surface area contributed by atoms with Gasteiger partial charge in [-0.15, -0.1) is 0 Å². The van der Waals surface area contributed by atoms with Crippen LogP contribution in [-0.4, -0.2) is 57.3 Å². The maximum atomic E-state index is 12.4. The van der Waals surface area contributed by atoms with Crippen molar-refractivity contribution >= 4 is 5.91 Å². The molecule has 0 heterocycles. The van der Waals surface area contributed by atoms with Gasteiger partial charge in [0.05, 0.1) is 18.8 Å². The minimum Gasteiger partial charge on any atom is -0.394 e. The number of unbranched alkanes of at least 4 members (excludes halogenated alkanes) is 23. The summed E-state index contributed by atoms with van der Waals surface area (Å²) < 4.78 is 0. The number of allylic oxidation sites excluding steroid dienone is 2. The van der Waals surface area contributed by atoms with Crippen LogP contribution in [0.1, 0.15) is 194 Å². The van der Waals surface area contributed by atoms with Crippen molar-refractivity contribution in [3.05, 3.63) is 12.2 Å². The number of rotatable bonds is 34. The fourth-order valence-corrected chi connectivity index (χ4v) is 5.87. The molecular formula is C38H75NO5. The fraction of sp³-hybridized carbons (Fsp3) is 0.921. The van der Waals surface area contributed by atoms with E-state index in [0.29, 0.717) is 12.8 Å². The van der Waals surface area contributed by atoms with Gasteiger partial charge in [0.2, 0.25) is 5.91 Å². The Hall–Kier alpha value is -0.950. The summed E-state index contributed by atoms with van der Waals surface area (Å²) in [5, 5.41) is 43.3. The summed E-state index contributed by atoms with van der Waals surface area (Å²) in [6.07, 6.45) is 33.8. The molecule has 0 aliphatic rings. The van der Waals surface area contributed by atoms with Crippen LogP contribution >= 0.6 is 0 Å². The van der Waals surface area contributed by atoms with Crippen LogP contribution in [-0.2, 0) is 4.79 Å². The second kappa shape index (κ2) is 33.4. The summed E-state index contributed by atoms with van der Waals surface area (Å²) in [7, 11) is 0. The lowest BCUT2D eigenvalue weighted by atomic mass is 9.99. The predicted molar refractivity (Wildman–Crippen MR) is 187 cm³/mol. The maximum Gasteiger partial charge on any atom is 0.249 e. The summed E-state index contributed by atoms with van der Waals surface area (Å²) in [5.41, 5.74) is 0. The monoisotopic (exact) mass is 626 g/mol. The second-order valence-electron chi connectivity index (χ2n) is 13.3. The predicted octanol–water partition coefficient (Wildman–Crippen LogP) is 9.07. The highest BCUT2D eigenvalue weighted by molar-refractivity contribution is 5.80. The standard InChI is InChI=1S/C38H75NO5/c1-3-5-7-9-11-13-14-15-16-17-18-19-20-21-22-24-26-28-30-32-36(42)38(44)39-34(33-40)37(43)35(41)31-29-27-25-23-12-10-8-6-4-2/h18-19,34-37,40-43H,3-17,20-33H2,1-2H3,(H,39,44)/b19-18-. The van der Waals surface area contributed by atoms with E-state index < -0.39 is 36.9 Å². The highest BCUT2D eigenvalue weighted by Gasteiger charge is 2.28. The van der Waals surface area contributed by atoms with Crippen molar-refractivity contribution in [3.63, 3.8) is 0 Å². The van der Waals surface area contributed by atoms with E-state index in [-0.39, 0.29) is 0 Å². The molecule has 0 saturated carbocycles. The van der Waals surface area contributed by atoms with Crippen molar-refractivity contribution < 1.29 is 25.2 Å². The molecule has 262 valence electrons. The van der Waals surface area contributed by atoms with Gasteiger partial charge in [-0.3, -0.25) is 4.79 Å². The van der Waals surface area contributed by atoms with Gasteiger partial charge < -0.3 is 25.7 Å². The first-order valence-corrected chi connectivity index (χ1v) is 19.1. The van der Waals surface area contributed by atoms with Crippen LogP contribution in [0.25, 0.3) is 0 Å². The summed E-state index contributed by atoms with van der Waals surface area (Å²) in [6.45, 7) is 4.01. The molecule has 6 nitrogen and oxygen atoms in total. The van der Waals surface area contributed by atoms with Crippen LogP contribution in [0.15, 0.2) is 12.2 Å². The van der Waals surface area contributed by atoms with Crippen LogP contribution in [0, 0.1) is 0 Å². The van der Waals surface area contributed by atoms with Crippen molar-refractivity contribution in [2.24, 2.45) is 0 Å². The van der Waals surface area contributed by atoms with E-state index in [2.05, 4.69) is 31.3 Å². The Labute approximate surface area is 272 Å². The number of nitrogens with one attached hydrogen (secondary N) is 1. The lowest BCUT2D eigenvalue weighted by Gasteiger charge is -2.27. The molecule has 0 bridgehead atoms. The molecule has 5 N–H and O–H groups in total. The Morgan fingerprint density at radius 1 is 0.545 bits per heavy atom. The van der Waals surface area contributed by atoms with Gasteiger partial charge in [-0.1, -0.05) is 167 Å². The van der Waals surface area contributed by atoms with E-state index in [0.717, 1.165) is 44.9 Å². The van der Waals surface area contributed by atoms with Crippen molar-refractivity contribution in [1.82, 2.24) is 5.32 Å². The summed E-state index contributed by atoms with van der Waals surface area (Å²) in [4.78, 5) is 12.4. The number of hydrogen-bond acceptors (Lipinski definition) is 5. The number of aliphatic hydroxyl groups excluding tert-OH is 4. The molecule has 0 saturated heterocycles. The van der Waals surface area contributed by atoms with Crippen LogP contribution < -0.4 is 5.32 Å². The van der Waals surface area contributed by atoms with Gasteiger partial charge in [-0.05, 0) is 38.5 Å². The SMILES string of the molecule is CCCCCCCCCCC/C=C\CCCCCCCCC(O)C(=O)NC(CO)C(O)C(O)CCCCCCCCCCC. The van der Waals surface area contributed by atoms with Gasteiger partial charge >= 0.3 is 0 Å². The molecule has 1 amide bonds. The van der Waals surface area contributed by atoms with Crippen LogP contribution in [0.2, 0.25) is 0 Å². The van der Waals surface area contributed by atoms with E-state index in [9.17, 15) is 25.2 Å². The quantitative estimate of drug-likeness (QED) is 0.0362. The first-order chi connectivity index (χ1) is 21.5. The lowest BCUT2D eigenvalue weighted by molar-refractivity contribution is -0.132. The molecule has 0 aromatic heterocycles. The zero-order valence-electron chi connectivity index (χ0n) is 29.2. The largest absolute Gasteiger partial charge is 0.394 e. The highest BCUT2D eigenvalue weighted by Crippen LogP contribution is 2.15. The molecule has 0 aromatic rings. The van der Waals surface area contributed by atoms with Gasteiger partial charge in [-0.2, -0.15) is 0 Å². The van der Waals surface area contributed by atoms with Gasteiger partial charge in [0.1, 0.15) is 12.2 Å². The lowest BCUT2D eigenvalue weighted by Crippen LogP contribution is -2.53. The number of hydrogen-bond donors (Lipinski definition) is 5. The number of carbonyl (C=O) groups excluding carboxylic acids is 1. The Kier molecular flexibility index (Phi) is 32.7. The molecule has 0 spiro atoms. The molecule has 6 heteroatoms. The van der Waals surface area contributed by atoms with Gasteiger partial charge in [0, 0.05) is 0 Å². The first kappa shape index (κ1) is 43.0. The Morgan fingerprint density at radius 3 is 1.32 bits per heavy atom. The molecular weight excluding hydrogens is 550 g/mol. The zero-order chi connectivity index (χ0) is 32.5. The van der Waals surface area contributed by atoms with Gasteiger partial charge in [-0.25, -0.2) is 0 Å². The molecule has 0 rings (SSSR count). The summed E-state index contributed by atoms with van der Waals surface area (Å²) in [5.74, 6) is -0.590. The summed E-state index contributed by atoms with van der Waals surface area (Å²) in [6, 6.07) is -0.982. The third-order valence-electron chi connectivity index (χ3n) is 8.98. The maximum absolute atomic E-state index is 12.4. The molecule has 0 aliphatic carbocycles. The van der Waals surface area contributed by atoms with Crippen molar-refractivity contribution in [1.29, 1.82) is 0 Å². The number of carbonyl (C=O) groups is 1. The Bertz CT molecular complexity index is 628. The fourth-order valence-electron chi connectivity index (χ4n) is 5.87. The van der Waals surface area contributed by atoms with Gasteiger partial charge in [0.25, 0.3) is 0 Å². The molecule has 0 aromatic carbocycles. The smallest absolute Gasteiger partial charge is 0.249 e. The number of amides is 1. The van der Waals surface area contributed by atoms with E-state index in [1.54, 1.807) is 0 Å². The van der Waals surface area contributed by atoms with Crippen molar-refractivity contribution in [3.8, 4) is 0 Å². The topological polar surface area (TPSA) is 110 Å². The minimum atomic E-state index is -1.25. The normalized spacial score (nSPS) is 14.6. The van der Waals surface area contributed by atoms with Crippen molar-refractivity contribution in [2.75, 3.05) is 6.61 Å². The molecule has 4 unspecified atom stereocenters. The first-order valence-electron chi connectivity index (χ1n) is 19.1. The average Bonchev–Trinajstić information content (AvgIpc) is 3.03. The number of aliphatic hydroxyl groups is 4. The van der Waals surface area contributed by atoms with Crippen LogP contribution in [0.3, 0.4) is 0 Å². The van der Waals surface area contributed by atoms with E-state index in [1.807, 2.05) is 0 Å².